The van der Waals surface area contributed by atoms with Gasteiger partial charge in [0.15, 0.2) is 0 Å². The van der Waals surface area contributed by atoms with Gasteiger partial charge in [-0.2, -0.15) is 4.98 Å². The zero-order chi connectivity index (χ0) is 13.4. The molecule has 0 atom stereocenters. The molecule has 0 radical (unpaired) electrons. The fourth-order valence-corrected chi connectivity index (χ4v) is 2.23. The first-order valence-electron chi connectivity index (χ1n) is 6.07. The van der Waals surface area contributed by atoms with E-state index in [-0.39, 0.29) is 5.95 Å². The molecule has 0 amide bonds. The number of H-pyrrole nitrogens is 1. The van der Waals surface area contributed by atoms with Gasteiger partial charge in [0.05, 0.1) is 0 Å². The van der Waals surface area contributed by atoms with Crippen LogP contribution in [0.3, 0.4) is 0 Å². The molecule has 2 aromatic heterocycles. The first-order chi connectivity index (χ1) is 9.11. The van der Waals surface area contributed by atoms with Gasteiger partial charge in [-0.1, -0.05) is 6.07 Å². The predicted octanol–water partition coefficient (Wildman–Crippen LogP) is 2.02. The van der Waals surface area contributed by atoms with Crippen LogP contribution in [0.15, 0.2) is 30.5 Å². The molecule has 3 rings (SSSR count). The molecule has 5 nitrogen and oxygen atoms in total. The number of nitrogen functional groups attached to an aromatic ring is 2. The van der Waals surface area contributed by atoms with Crippen molar-refractivity contribution in [3.05, 3.63) is 47.3 Å². The van der Waals surface area contributed by atoms with Crippen molar-refractivity contribution in [2.45, 2.75) is 13.3 Å². The molecule has 0 bridgehead atoms. The Hall–Kier alpha value is -2.56. The highest BCUT2D eigenvalue weighted by atomic mass is 15.0. The zero-order valence-electron chi connectivity index (χ0n) is 10.6. The van der Waals surface area contributed by atoms with E-state index in [1.165, 1.54) is 10.9 Å². The Morgan fingerprint density at radius 3 is 2.84 bits per heavy atom. The number of aryl methyl sites for hydroxylation is 1. The van der Waals surface area contributed by atoms with Crippen LogP contribution in [0, 0.1) is 6.92 Å². The largest absolute Gasteiger partial charge is 0.383 e. The molecular formula is C14H15N5. The third kappa shape index (κ3) is 2.22. The quantitative estimate of drug-likeness (QED) is 0.651. The molecule has 0 unspecified atom stereocenters. The maximum absolute atomic E-state index is 5.85. The standard InChI is InChI=1S/C14H15N5/c1-8-4-10-5-9(2-3-12(10)18-8)6-11-7-17-14(16)19-13(11)15/h2-5,7,18H,6H2,1H3,(H4,15,16,17,19). The Bertz CT molecular complexity index is 745. The SMILES string of the molecule is Cc1cc2cc(Cc3cnc(N)nc3N)ccc2[nH]1. The van der Waals surface area contributed by atoms with E-state index in [9.17, 15) is 0 Å². The molecule has 0 spiro atoms. The minimum Gasteiger partial charge on any atom is -0.383 e. The fourth-order valence-electron chi connectivity index (χ4n) is 2.23. The predicted molar refractivity (Wildman–Crippen MR) is 76.7 cm³/mol. The van der Waals surface area contributed by atoms with Crippen LogP contribution in [0.2, 0.25) is 0 Å². The average Bonchev–Trinajstić information content (AvgIpc) is 2.72. The molecule has 0 fully saturated rings. The second-order valence-electron chi connectivity index (χ2n) is 4.69. The summed E-state index contributed by atoms with van der Waals surface area (Å²) < 4.78 is 0. The lowest BCUT2D eigenvalue weighted by Crippen LogP contribution is -2.03. The van der Waals surface area contributed by atoms with Crippen LogP contribution in [0.4, 0.5) is 11.8 Å². The summed E-state index contributed by atoms with van der Waals surface area (Å²) in [6.45, 7) is 2.05. The number of fused-ring (bicyclic) bond motifs is 1. The topological polar surface area (TPSA) is 93.6 Å². The summed E-state index contributed by atoms with van der Waals surface area (Å²) in [4.78, 5) is 11.3. The molecule has 0 saturated carbocycles. The number of aromatic nitrogens is 3. The first kappa shape index (κ1) is 11.5. The van der Waals surface area contributed by atoms with E-state index in [0.717, 1.165) is 16.8 Å². The summed E-state index contributed by atoms with van der Waals surface area (Å²) in [5, 5.41) is 1.20. The van der Waals surface area contributed by atoms with Crippen LogP contribution in [-0.2, 0) is 6.42 Å². The Kier molecular flexibility index (Phi) is 2.59. The van der Waals surface area contributed by atoms with E-state index >= 15 is 0 Å². The molecule has 0 aliphatic rings. The monoisotopic (exact) mass is 253 g/mol. The van der Waals surface area contributed by atoms with Crippen molar-refractivity contribution in [1.82, 2.24) is 15.0 Å². The highest BCUT2D eigenvalue weighted by Gasteiger charge is 2.05. The van der Waals surface area contributed by atoms with Crippen LogP contribution >= 0.6 is 0 Å². The fraction of sp³-hybridized carbons (Fsp3) is 0.143. The maximum atomic E-state index is 5.85. The van der Waals surface area contributed by atoms with Crippen LogP contribution in [0.5, 0.6) is 0 Å². The molecule has 5 heteroatoms. The molecule has 1 aromatic carbocycles. The van der Waals surface area contributed by atoms with Crippen molar-refractivity contribution < 1.29 is 0 Å². The van der Waals surface area contributed by atoms with E-state index in [2.05, 4.69) is 39.2 Å². The average molecular weight is 253 g/mol. The number of nitrogens with zero attached hydrogens (tertiary/aromatic N) is 2. The van der Waals surface area contributed by atoms with E-state index in [4.69, 9.17) is 11.5 Å². The Balaban J connectivity index is 1.96. The summed E-state index contributed by atoms with van der Waals surface area (Å²) >= 11 is 0. The van der Waals surface area contributed by atoms with E-state index < -0.39 is 0 Å². The molecule has 0 aliphatic carbocycles. The van der Waals surface area contributed by atoms with Gasteiger partial charge in [0.2, 0.25) is 5.95 Å². The van der Waals surface area contributed by atoms with Gasteiger partial charge in [0.1, 0.15) is 5.82 Å². The Morgan fingerprint density at radius 1 is 1.21 bits per heavy atom. The van der Waals surface area contributed by atoms with Crippen LogP contribution in [0.25, 0.3) is 10.9 Å². The third-order valence-electron chi connectivity index (χ3n) is 3.13. The molecule has 3 aromatic rings. The van der Waals surface area contributed by atoms with Crippen LogP contribution in [0.1, 0.15) is 16.8 Å². The van der Waals surface area contributed by atoms with Gasteiger partial charge in [-0.25, -0.2) is 4.98 Å². The number of hydrogen-bond donors (Lipinski definition) is 3. The third-order valence-corrected chi connectivity index (χ3v) is 3.13. The maximum Gasteiger partial charge on any atom is 0.221 e. The summed E-state index contributed by atoms with van der Waals surface area (Å²) in [6, 6.07) is 8.43. The van der Waals surface area contributed by atoms with Crippen molar-refractivity contribution in [2.75, 3.05) is 11.5 Å². The van der Waals surface area contributed by atoms with Gasteiger partial charge in [-0.05, 0) is 36.1 Å². The van der Waals surface area contributed by atoms with Gasteiger partial charge in [0, 0.05) is 29.4 Å². The number of rotatable bonds is 2. The lowest BCUT2D eigenvalue weighted by Gasteiger charge is -2.05. The molecule has 2 heterocycles. The minimum absolute atomic E-state index is 0.206. The first-order valence-corrected chi connectivity index (χ1v) is 6.07. The van der Waals surface area contributed by atoms with Gasteiger partial charge < -0.3 is 16.5 Å². The van der Waals surface area contributed by atoms with E-state index in [1.54, 1.807) is 6.20 Å². The van der Waals surface area contributed by atoms with Crippen molar-refractivity contribution in [1.29, 1.82) is 0 Å². The number of nitrogens with two attached hydrogens (primary N) is 2. The van der Waals surface area contributed by atoms with Gasteiger partial charge >= 0.3 is 0 Å². The van der Waals surface area contributed by atoms with Gasteiger partial charge in [0.25, 0.3) is 0 Å². The van der Waals surface area contributed by atoms with Crippen LogP contribution in [-0.4, -0.2) is 15.0 Å². The normalized spacial score (nSPS) is 11.0. The van der Waals surface area contributed by atoms with Crippen molar-refractivity contribution in [3.8, 4) is 0 Å². The second-order valence-corrected chi connectivity index (χ2v) is 4.69. The van der Waals surface area contributed by atoms with Gasteiger partial charge in [-0.15, -0.1) is 0 Å². The lowest BCUT2D eigenvalue weighted by molar-refractivity contribution is 1.09. The van der Waals surface area contributed by atoms with Crippen molar-refractivity contribution >= 4 is 22.7 Å². The molecule has 0 saturated heterocycles. The summed E-state index contributed by atoms with van der Waals surface area (Å²) in [5.41, 5.74) is 15.7. The minimum atomic E-state index is 0.206. The smallest absolute Gasteiger partial charge is 0.221 e. The summed E-state index contributed by atoms with van der Waals surface area (Å²) in [5.74, 6) is 0.649. The van der Waals surface area contributed by atoms with E-state index in [0.29, 0.717) is 12.2 Å². The van der Waals surface area contributed by atoms with Crippen LogP contribution < -0.4 is 11.5 Å². The summed E-state index contributed by atoms with van der Waals surface area (Å²) in [7, 11) is 0. The number of hydrogen-bond acceptors (Lipinski definition) is 4. The molecule has 96 valence electrons. The zero-order valence-corrected chi connectivity index (χ0v) is 10.6. The molecule has 0 aliphatic heterocycles. The summed E-state index contributed by atoms with van der Waals surface area (Å²) in [6.07, 6.45) is 2.39. The van der Waals surface area contributed by atoms with Crippen molar-refractivity contribution in [2.24, 2.45) is 0 Å². The second kappa shape index (κ2) is 4.28. The lowest BCUT2D eigenvalue weighted by atomic mass is 10.1. The molecular weight excluding hydrogens is 238 g/mol. The van der Waals surface area contributed by atoms with Gasteiger partial charge in [-0.3, -0.25) is 0 Å². The number of aromatic amines is 1. The number of anilines is 2. The van der Waals surface area contributed by atoms with E-state index in [1.807, 2.05) is 6.92 Å². The highest BCUT2D eigenvalue weighted by molar-refractivity contribution is 5.81. The number of benzene rings is 1. The Morgan fingerprint density at radius 2 is 2.05 bits per heavy atom. The highest BCUT2D eigenvalue weighted by Crippen LogP contribution is 2.20. The van der Waals surface area contributed by atoms with Crippen molar-refractivity contribution in [3.63, 3.8) is 0 Å². The molecule has 5 N–H and O–H groups in total. The Labute approximate surface area is 110 Å². The number of nitrogens with one attached hydrogen (secondary N) is 1. The molecule has 19 heavy (non-hydrogen) atoms.